The van der Waals surface area contributed by atoms with E-state index in [1.807, 2.05) is 35.0 Å². The first kappa shape index (κ1) is 12.5. The Balaban J connectivity index is 1.72. The first-order chi connectivity index (χ1) is 9.75. The number of rotatable bonds is 4. The van der Waals surface area contributed by atoms with Crippen molar-refractivity contribution in [2.75, 3.05) is 12.3 Å². The number of nitrogens with zero attached hydrogens (tertiary/aromatic N) is 1. The van der Waals surface area contributed by atoms with E-state index in [9.17, 15) is 4.39 Å². The van der Waals surface area contributed by atoms with Crippen LogP contribution in [0.2, 0.25) is 0 Å². The lowest BCUT2D eigenvalue weighted by molar-refractivity contribution is 0.302. The Bertz CT molecular complexity index is 736. The van der Waals surface area contributed by atoms with Crippen molar-refractivity contribution in [3.63, 3.8) is 0 Å². The quantitative estimate of drug-likeness (QED) is 0.738. The van der Waals surface area contributed by atoms with E-state index in [4.69, 9.17) is 10.5 Å². The van der Waals surface area contributed by atoms with Gasteiger partial charge in [-0.15, -0.1) is 0 Å². The van der Waals surface area contributed by atoms with Gasteiger partial charge in [0, 0.05) is 11.6 Å². The molecule has 0 atom stereocenters. The molecule has 20 heavy (non-hydrogen) atoms. The summed E-state index contributed by atoms with van der Waals surface area (Å²) in [5.41, 5.74) is 7.30. The van der Waals surface area contributed by atoms with Crippen LogP contribution in [0, 0.1) is 5.82 Å². The molecule has 1 aromatic heterocycles. The maximum Gasteiger partial charge on any atom is 0.142 e. The summed E-state index contributed by atoms with van der Waals surface area (Å²) in [6.07, 6.45) is 1.87. The second-order valence-electron chi connectivity index (χ2n) is 4.57. The fraction of sp³-hybridized carbons (Fsp3) is 0.125. The first-order valence-electron chi connectivity index (χ1n) is 6.46. The molecule has 1 heterocycles. The highest BCUT2D eigenvalue weighted by Crippen LogP contribution is 2.21. The molecule has 0 aliphatic carbocycles. The first-order valence-corrected chi connectivity index (χ1v) is 6.46. The molecule has 0 aliphatic heterocycles. The smallest absolute Gasteiger partial charge is 0.142 e. The number of fused-ring (bicyclic) bond motifs is 1. The van der Waals surface area contributed by atoms with Crippen LogP contribution in [-0.4, -0.2) is 11.2 Å². The molecule has 4 heteroatoms. The fourth-order valence-corrected chi connectivity index (χ4v) is 2.25. The van der Waals surface area contributed by atoms with Gasteiger partial charge in [-0.25, -0.2) is 4.39 Å². The number of halogens is 1. The van der Waals surface area contributed by atoms with Crippen molar-refractivity contribution in [3.05, 3.63) is 60.5 Å². The number of nitrogens with two attached hydrogens (primary N) is 1. The molecule has 0 spiro atoms. The Hall–Kier alpha value is -2.49. The van der Waals surface area contributed by atoms with E-state index in [1.54, 1.807) is 18.2 Å². The van der Waals surface area contributed by atoms with Crippen LogP contribution in [0.15, 0.2) is 54.7 Å². The van der Waals surface area contributed by atoms with E-state index < -0.39 is 0 Å². The van der Waals surface area contributed by atoms with Crippen LogP contribution in [0.3, 0.4) is 0 Å². The molecule has 0 bridgehead atoms. The summed E-state index contributed by atoms with van der Waals surface area (Å²) in [5, 5.41) is 0.631. The van der Waals surface area contributed by atoms with Gasteiger partial charge in [0.15, 0.2) is 0 Å². The molecule has 102 valence electrons. The second-order valence-corrected chi connectivity index (χ2v) is 4.57. The van der Waals surface area contributed by atoms with Gasteiger partial charge >= 0.3 is 0 Å². The number of para-hydroxylation sites is 2. The van der Waals surface area contributed by atoms with Crippen LogP contribution < -0.4 is 10.5 Å². The van der Waals surface area contributed by atoms with E-state index >= 15 is 0 Å². The molecule has 3 aromatic rings. The minimum atomic E-state index is -0.200. The molecule has 2 aromatic carbocycles. The summed E-state index contributed by atoms with van der Waals surface area (Å²) in [7, 11) is 0. The van der Waals surface area contributed by atoms with Gasteiger partial charge in [-0.05, 0) is 30.3 Å². The van der Waals surface area contributed by atoms with Crippen molar-refractivity contribution in [2.45, 2.75) is 6.54 Å². The minimum absolute atomic E-state index is 0.200. The fourth-order valence-electron chi connectivity index (χ4n) is 2.25. The second kappa shape index (κ2) is 5.25. The van der Waals surface area contributed by atoms with Crippen LogP contribution in [0.1, 0.15) is 0 Å². The van der Waals surface area contributed by atoms with Crippen molar-refractivity contribution in [1.82, 2.24) is 4.57 Å². The normalized spacial score (nSPS) is 10.8. The van der Waals surface area contributed by atoms with Gasteiger partial charge in [0.1, 0.15) is 18.2 Å². The molecule has 3 rings (SSSR count). The molecule has 0 saturated carbocycles. The standard InChI is InChI=1S/C16H15FN2O/c17-13-4-3-6-15-12(13)8-9-19(15)10-11-20-16-7-2-1-5-14(16)18/h1-9H,10-11,18H2. The predicted molar refractivity (Wildman–Crippen MR) is 78.2 cm³/mol. The zero-order chi connectivity index (χ0) is 13.9. The van der Waals surface area contributed by atoms with Crippen molar-refractivity contribution in [3.8, 4) is 5.75 Å². The van der Waals surface area contributed by atoms with E-state index in [0.29, 0.717) is 30.0 Å². The van der Waals surface area contributed by atoms with Crippen LogP contribution in [0.4, 0.5) is 10.1 Å². The number of anilines is 1. The molecule has 2 N–H and O–H groups in total. The van der Waals surface area contributed by atoms with Crippen molar-refractivity contribution >= 4 is 16.6 Å². The van der Waals surface area contributed by atoms with Gasteiger partial charge < -0.3 is 15.0 Å². The monoisotopic (exact) mass is 270 g/mol. The lowest BCUT2D eigenvalue weighted by Crippen LogP contribution is -2.08. The highest BCUT2D eigenvalue weighted by molar-refractivity contribution is 5.80. The number of nitrogen functional groups attached to an aromatic ring is 1. The maximum absolute atomic E-state index is 13.6. The molecule has 0 aliphatic rings. The third-order valence-corrected chi connectivity index (χ3v) is 3.27. The summed E-state index contributed by atoms with van der Waals surface area (Å²) in [4.78, 5) is 0. The summed E-state index contributed by atoms with van der Waals surface area (Å²) < 4.78 is 21.2. The average molecular weight is 270 g/mol. The van der Waals surface area contributed by atoms with Crippen molar-refractivity contribution < 1.29 is 9.13 Å². The zero-order valence-corrected chi connectivity index (χ0v) is 10.9. The summed E-state index contributed by atoms with van der Waals surface area (Å²) in [6.45, 7) is 1.12. The van der Waals surface area contributed by atoms with Gasteiger partial charge in [0.05, 0.1) is 17.7 Å². The van der Waals surface area contributed by atoms with Crippen LogP contribution in [0.5, 0.6) is 5.75 Å². The average Bonchev–Trinajstić information content (AvgIpc) is 2.86. The molecule has 0 fully saturated rings. The zero-order valence-electron chi connectivity index (χ0n) is 10.9. The van der Waals surface area contributed by atoms with Gasteiger partial charge in [0.2, 0.25) is 0 Å². The topological polar surface area (TPSA) is 40.2 Å². The van der Waals surface area contributed by atoms with Crippen molar-refractivity contribution in [1.29, 1.82) is 0 Å². The summed E-state index contributed by atoms with van der Waals surface area (Å²) >= 11 is 0. The van der Waals surface area contributed by atoms with Gasteiger partial charge in [-0.1, -0.05) is 18.2 Å². The molecule has 3 nitrogen and oxygen atoms in total. The number of hydrogen-bond acceptors (Lipinski definition) is 2. The lowest BCUT2D eigenvalue weighted by Gasteiger charge is -2.10. The number of benzene rings is 2. The Morgan fingerprint density at radius 1 is 1.05 bits per heavy atom. The molecule has 0 saturated heterocycles. The Morgan fingerprint density at radius 2 is 1.90 bits per heavy atom. The van der Waals surface area contributed by atoms with E-state index in [1.165, 1.54) is 6.07 Å². The maximum atomic E-state index is 13.6. The van der Waals surface area contributed by atoms with Crippen LogP contribution in [0.25, 0.3) is 10.9 Å². The SMILES string of the molecule is Nc1ccccc1OCCn1ccc2c(F)cccc21. The van der Waals surface area contributed by atoms with Crippen LogP contribution in [-0.2, 0) is 6.54 Å². The highest BCUT2D eigenvalue weighted by Gasteiger charge is 2.05. The third kappa shape index (κ3) is 2.32. The Labute approximate surface area is 116 Å². The van der Waals surface area contributed by atoms with E-state index in [2.05, 4.69) is 0 Å². The number of ether oxygens (including phenoxy) is 1. The molecule has 0 amide bonds. The Morgan fingerprint density at radius 3 is 2.75 bits per heavy atom. The summed E-state index contributed by atoms with van der Waals surface area (Å²) in [6, 6.07) is 14.2. The van der Waals surface area contributed by atoms with Crippen LogP contribution >= 0.6 is 0 Å². The van der Waals surface area contributed by atoms with Gasteiger partial charge in [0.25, 0.3) is 0 Å². The van der Waals surface area contributed by atoms with Crippen molar-refractivity contribution in [2.24, 2.45) is 0 Å². The van der Waals surface area contributed by atoms with Gasteiger partial charge in [-0.3, -0.25) is 0 Å². The Kier molecular flexibility index (Phi) is 3.29. The minimum Gasteiger partial charge on any atom is -0.490 e. The molecule has 0 unspecified atom stereocenters. The molecular formula is C16H15FN2O. The largest absolute Gasteiger partial charge is 0.490 e. The third-order valence-electron chi connectivity index (χ3n) is 3.27. The highest BCUT2D eigenvalue weighted by atomic mass is 19.1. The van der Waals surface area contributed by atoms with E-state index in [-0.39, 0.29) is 5.82 Å². The van der Waals surface area contributed by atoms with Gasteiger partial charge in [-0.2, -0.15) is 0 Å². The number of hydrogen-bond donors (Lipinski definition) is 1. The molecular weight excluding hydrogens is 255 g/mol. The van der Waals surface area contributed by atoms with E-state index in [0.717, 1.165) is 5.52 Å². The lowest BCUT2D eigenvalue weighted by atomic mass is 10.2. The number of aromatic nitrogens is 1. The predicted octanol–water partition coefficient (Wildman–Crippen LogP) is 3.44. The molecule has 0 radical (unpaired) electrons. The summed E-state index contributed by atoms with van der Waals surface area (Å²) in [5.74, 6) is 0.476.